The molecular formula is C10H11F3N2O4S. The molecule has 0 unspecified atom stereocenters. The van der Waals surface area contributed by atoms with E-state index in [1.807, 2.05) is 0 Å². The second-order valence-electron chi connectivity index (χ2n) is 3.50. The summed E-state index contributed by atoms with van der Waals surface area (Å²) in [7, 11) is -2.73. The normalized spacial score (nSPS) is 11.8. The number of allylic oxidation sites excluding steroid dienone is 1. The average molecular weight is 312 g/mol. The number of oxazole rings is 1. The highest BCUT2D eigenvalue weighted by atomic mass is 32.2. The first kappa shape index (κ1) is 16.2. The maximum Gasteiger partial charge on any atom is 0.315 e. The molecule has 0 bridgehead atoms. The van der Waals surface area contributed by atoms with E-state index in [0.29, 0.717) is 0 Å². The average Bonchev–Trinajstić information content (AvgIpc) is 2.86. The van der Waals surface area contributed by atoms with Gasteiger partial charge in [0, 0.05) is 12.8 Å². The van der Waals surface area contributed by atoms with Gasteiger partial charge in [-0.15, -0.1) is 0 Å². The molecule has 10 heteroatoms. The third kappa shape index (κ3) is 4.68. The van der Waals surface area contributed by atoms with Crippen molar-refractivity contribution in [3.63, 3.8) is 0 Å². The fraction of sp³-hybridized carbons (Fsp3) is 0.400. The van der Waals surface area contributed by atoms with E-state index < -0.39 is 39.1 Å². The molecule has 0 saturated heterocycles. The van der Waals surface area contributed by atoms with Crippen molar-refractivity contribution in [2.45, 2.75) is 18.1 Å². The van der Waals surface area contributed by atoms with Crippen molar-refractivity contribution in [1.29, 1.82) is 0 Å². The van der Waals surface area contributed by atoms with Gasteiger partial charge in [0.25, 0.3) is 0 Å². The van der Waals surface area contributed by atoms with Crippen molar-refractivity contribution in [2.75, 3.05) is 12.9 Å². The molecule has 1 aromatic rings. The summed E-state index contributed by atoms with van der Waals surface area (Å²) in [5.74, 6) is -2.44. The second-order valence-corrected chi connectivity index (χ2v) is 5.49. The van der Waals surface area contributed by atoms with Crippen molar-refractivity contribution in [2.24, 2.45) is 5.16 Å². The minimum atomic E-state index is -4.06. The maximum atomic E-state index is 12.6. The van der Waals surface area contributed by atoms with Crippen LogP contribution in [0, 0.1) is 0 Å². The molecule has 0 fully saturated rings. The van der Waals surface area contributed by atoms with Crippen LogP contribution in [0.1, 0.15) is 12.2 Å². The third-order valence-electron chi connectivity index (χ3n) is 2.07. The van der Waals surface area contributed by atoms with Crippen LogP contribution in [0.3, 0.4) is 0 Å². The van der Waals surface area contributed by atoms with Crippen LogP contribution in [-0.4, -0.2) is 32.5 Å². The highest BCUT2D eigenvalue weighted by Crippen LogP contribution is 2.18. The lowest BCUT2D eigenvalue weighted by Gasteiger charge is -1.98. The Kier molecular flexibility index (Phi) is 5.74. The molecule has 0 saturated carbocycles. The van der Waals surface area contributed by atoms with Crippen molar-refractivity contribution in [3.05, 3.63) is 23.9 Å². The van der Waals surface area contributed by atoms with E-state index in [4.69, 9.17) is 4.42 Å². The Hall–Kier alpha value is -1.84. The van der Waals surface area contributed by atoms with Crippen LogP contribution in [0.15, 0.2) is 32.9 Å². The van der Waals surface area contributed by atoms with Crippen LogP contribution in [0.4, 0.5) is 13.2 Å². The predicted molar refractivity (Wildman–Crippen MR) is 62.7 cm³/mol. The standard InChI is InChI=1S/C10H11F3N2O4S/c1-18-15-4-2-7-6-14-10(19-7)20(16,17)5-3-8(11)9(12)13/h4,6H,2-3,5H2,1H3/b15-4-. The zero-order valence-electron chi connectivity index (χ0n) is 10.3. The summed E-state index contributed by atoms with van der Waals surface area (Å²) in [5, 5.41) is 2.77. The Morgan fingerprint density at radius 1 is 1.50 bits per heavy atom. The Balaban J connectivity index is 2.73. The Morgan fingerprint density at radius 2 is 2.20 bits per heavy atom. The first-order chi connectivity index (χ1) is 9.36. The molecule has 6 nitrogen and oxygen atoms in total. The van der Waals surface area contributed by atoms with Gasteiger partial charge < -0.3 is 9.25 Å². The Labute approximate surface area is 112 Å². The van der Waals surface area contributed by atoms with E-state index in [0.717, 1.165) is 6.20 Å². The Morgan fingerprint density at radius 3 is 2.80 bits per heavy atom. The largest absolute Gasteiger partial charge is 0.433 e. The Bertz CT molecular complexity index is 606. The van der Waals surface area contributed by atoms with Gasteiger partial charge in [-0.25, -0.2) is 17.8 Å². The molecular weight excluding hydrogens is 301 g/mol. The number of hydrogen-bond donors (Lipinski definition) is 0. The van der Waals surface area contributed by atoms with Crippen LogP contribution in [0.2, 0.25) is 0 Å². The van der Waals surface area contributed by atoms with Crippen molar-refractivity contribution < 1.29 is 30.8 Å². The first-order valence-electron chi connectivity index (χ1n) is 5.29. The van der Waals surface area contributed by atoms with Crippen molar-refractivity contribution in [3.8, 4) is 0 Å². The molecule has 0 radical (unpaired) electrons. The summed E-state index contributed by atoms with van der Waals surface area (Å²) in [6, 6.07) is 0. The molecule has 0 aromatic carbocycles. The second kappa shape index (κ2) is 7.08. The molecule has 0 aliphatic carbocycles. The number of rotatable bonds is 7. The number of halogens is 3. The molecule has 1 rings (SSSR count). The van der Waals surface area contributed by atoms with Crippen LogP contribution in [0.5, 0.6) is 0 Å². The smallest absolute Gasteiger partial charge is 0.315 e. The van der Waals surface area contributed by atoms with Gasteiger partial charge in [0.05, 0.1) is 18.2 Å². The zero-order chi connectivity index (χ0) is 15.2. The van der Waals surface area contributed by atoms with Gasteiger partial charge in [0.15, 0.2) is 5.83 Å². The maximum absolute atomic E-state index is 12.6. The molecule has 0 spiro atoms. The van der Waals surface area contributed by atoms with E-state index in [-0.39, 0.29) is 12.2 Å². The van der Waals surface area contributed by atoms with Gasteiger partial charge in [-0.3, -0.25) is 0 Å². The monoisotopic (exact) mass is 312 g/mol. The van der Waals surface area contributed by atoms with Gasteiger partial charge in [-0.2, -0.15) is 8.78 Å². The summed E-state index contributed by atoms with van der Waals surface area (Å²) < 4.78 is 64.4. The van der Waals surface area contributed by atoms with Crippen molar-refractivity contribution in [1.82, 2.24) is 4.98 Å². The van der Waals surface area contributed by atoms with Crippen molar-refractivity contribution >= 4 is 16.1 Å². The quantitative estimate of drug-likeness (QED) is 0.569. The van der Waals surface area contributed by atoms with Gasteiger partial charge in [0.2, 0.25) is 9.84 Å². The van der Waals surface area contributed by atoms with Crippen LogP contribution in [0.25, 0.3) is 0 Å². The minimum Gasteiger partial charge on any atom is -0.433 e. The topological polar surface area (TPSA) is 81.8 Å². The van der Waals surface area contributed by atoms with Crippen LogP contribution < -0.4 is 0 Å². The molecule has 112 valence electrons. The van der Waals surface area contributed by atoms with E-state index in [2.05, 4.69) is 15.0 Å². The van der Waals surface area contributed by atoms with E-state index >= 15 is 0 Å². The van der Waals surface area contributed by atoms with E-state index in [1.165, 1.54) is 13.3 Å². The molecule has 0 atom stereocenters. The number of oxime groups is 1. The van der Waals surface area contributed by atoms with Gasteiger partial charge in [-0.05, 0) is 0 Å². The molecule has 20 heavy (non-hydrogen) atoms. The molecule has 1 heterocycles. The third-order valence-corrected chi connectivity index (χ3v) is 3.53. The lowest BCUT2D eigenvalue weighted by molar-refractivity contribution is 0.214. The van der Waals surface area contributed by atoms with Crippen LogP contribution in [-0.2, 0) is 21.1 Å². The number of aromatic nitrogens is 1. The number of nitrogens with zero attached hydrogens (tertiary/aromatic N) is 2. The lowest BCUT2D eigenvalue weighted by Crippen LogP contribution is -2.07. The highest BCUT2D eigenvalue weighted by molar-refractivity contribution is 7.91. The summed E-state index contributed by atoms with van der Waals surface area (Å²) >= 11 is 0. The summed E-state index contributed by atoms with van der Waals surface area (Å²) in [5.41, 5.74) is 0. The van der Waals surface area contributed by atoms with Gasteiger partial charge >= 0.3 is 11.3 Å². The SMILES string of the molecule is CO/N=C\Cc1cnc(S(=O)(=O)CCC(F)=C(F)F)o1. The summed E-state index contributed by atoms with van der Waals surface area (Å²) in [6.07, 6.45) is -0.866. The lowest BCUT2D eigenvalue weighted by atomic mass is 10.4. The number of sulfone groups is 1. The predicted octanol–water partition coefficient (Wildman–Crippen LogP) is 2.09. The molecule has 0 aliphatic heterocycles. The summed E-state index contributed by atoms with van der Waals surface area (Å²) in [4.78, 5) is 7.90. The molecule has 1 aromatic heterocycles. The fourth-order valence-electron chi connectivity index (χ4n) is 1.14. The van der Waals surface area contributed by atoms with Gasteiger partial charge in [-0.1, -0.05) is 5.16 Å². The van der Waals surface area contributed by atoms with E-state index in [9.17, 15) is 21.6 Å². The minimum absolute atomic E-state index is 0.143. The highest BCUT2D eigenvalue weighted by Gasteiger charge is 2.22. The summed E-state index contributed by atoms with van der Waals surface area (Å²) in [6.45, 7) is 0. The molecule has 0 N–H and O–H groups in total. The molecule has 0 amide bonds. The van der Waals surface area contributed by atoms with Crippen LogP contribution >= 0.6 is 0 Å². The van der Waals surface area contributed by atoms with E-state index in [1.54, 1.807) is 0 Å². The van der Waals surface area contributed by atoms with Gasteiger partial charge in [0.1, 0.15) is 12.9 Å². The first-order valence-corrected chi connectivity index (χ1v) is 6.94. The fourth-order valence-corrected chi connectivity index (χ4v) is 2.21. The molecule has 0 aliphatic rings. The number of hydrogen-bond acceptors (Lipinski definition) is 6. The zero-order valence-corrected chi connectivity index (χ0v) is 11.2.